The van der Waals surface area contributed by atoms with E-state index in [1.54, 1.807) is 4.90 Å². The fourth-order valence-corrected chi connectivity index (χ4v) is 3.39. The molecule has 0 saturated carbocycles. The summed E-state index contributed by atoms with van der Waals surface area (Å²) in [5.41, 5.74) is 1.77. The number of hydrogen-bond acceptors (Lipinski definition) is 4. The van der Waals surface area contributed by atoms with Gasteiger partial charge in [-0.05, 0) is 24.3 Å². The van der Waals surface area contributed by atoms with E-state index in [-0.39, 0.29) is 18.4 Å². The van der Waals surface area contributed by atoms with Crippen LogP contribution in [0.25, 0.3) is 10.9 Å². The van der Waals surface area contributed by atoms with Crippen molar-refractivity contribution in [1.29, 1.82) is 0 Å². The van der Waals surface area contributed by atoms with Crippen molar-refractivity contribution in [2.45, 2.75) is 0 Å². The fraction of sp³-hybridized carbons (Fsp3) is 0.375. The van der Waals surface area contributed by atoms with Crippen LogP contribution in [0.4, 0.5) is 16.3 Å². The van der Waals surface area contributed by atoms with Gasteiger partial charge in [0.25, 0.3) is 0 Å². The second-order valence-corrected chi connectivity index (χ2v) is 6.20. The number of nitrogens with zero attached hydrogens (tertiary/aromatic N) is 3. The number of rotatable bonds is 2. The van der Waals surface area contributed by atoms with Crippen LogP contribution in [-0.4, -0.2) is 50.3 Å². The molecule has 2 saturated heterocycles. The molecule has 0 aliphatic carbocycles. The molecule has 1 aromatic heterocycles. The van der Waals surface area contributed by atoms with E-state index in [0.717, 1.165) is 48.6 Å². The summed E-state index contributed by atoms with van der Waals surface area (Å²) in [6.45, 7) is 5.06. The zero-order chi connectivity index (χ0) is 15.8. The third-order valence-corrected chi connectivity index (χ3v) is 4.60. The van der Waals surface area contributed by atoms with Gasteiger partial charge in [-0.2, -0.15) is 0 Å². The number of carbonyl (C=O) groups is 1. The van der Waals surface area contributed by atoms with Gasteiger partial charge in [-0.3, -0.25) is 4.90 Å². The minimum atomic E-state index is -0.0548. The molecule has 2 aromatic rings. The summed E-state index contributed by atoms with van der Waals surface area (Å²) < 4.78 is 0. The third-order valence-electron chi connectivity index (χ3n) is 4.32. The highest BCUT2D eigenvalue weighted by Crippen LogP contribution is 2.30. The van der Waals surface area contributed by atoms with Crippen LogP contribution >= 0.6 is 24.0 Å². The van der Waals surface area contributed by atoms with Gasteiger partial charge in [-0.25, -0.2) is 9.78 Å². The molecule has 1 aromatic carbocycles. The number of carbonyl (C=O) groups excluding carboxylic acids is 1. The topological polar surface area (TPSA) is 60.5 Å². The number of piperazine rings is 1. The van der Waals surface area contributed by atoms with Crippen LogP contribution in [0.2, 0.25) is 5.02 Å². The number of fused-ring (bicyclic) bond motifs is 1. The SMILES string of the molecule is Cl.O=C1NCCN1c1ccc2nc(N3CCNCC3)c(Cl)cc2c1. The molecule has 4 rings (SSSR count). The third kappa shape index (κ3) is 3.09. The van der Waals surface area contributed by atoms with Crippen LogP contribution in [0.1, 0.15) is 0 Å². The van der Waals surface area contributed by atoms with Crippen LogP contribution in [0.3, 0.4) is 0 Å². The van der Waals surface area contributed by atoms with Crippen LogP contribution in [0, 0.1) is 0 Å². The van der Waals surface area contributed by atoms with Crippen molar-refractivity contribution in [3.8, 4) is 0 Å². The predicted octanol–water partition coefficient (Wildman–Crippen LogP) is 2.25. The number of amides is 2. The Hall–Kier alpha value is -1.76. The van der Waals surface area contributed by atoms with E-state index in [4.69, 9.17) is 16.6 Å². The zero-order valence-corrected chi connectivity index (χ0v) is 14.7. The summed E-state index contributed by atoms with van der Waals surface area (Å²) in [4.78, 5) is 20.5. The lowest BCUT2D eigenvalue weighted by Crippen LogP contribution is -2.44. The molecule has 24 heavy (non-hydrogen) atoms. The molecule has 2 fully saturated rings. The highest BCUT2D eigenvalue weighted by Gasteiger charge is 2.22. The lowest BCUT2D eigenvalue weighted by atomic mass is 10.2. The van der Waals surface area contributed by atoms with Gasteiger partial charge in [0.2, 0.25) is 0 Å². The predicted molar refractivity (Wildman–Crippen MR) is 99.8 cm³/mol. The number of aromatic nitrogens is 1. The van der Waals surface area contributed by atoms with Crippen molar-refractivity contribution in [2.75, 3.05) is 49.1 Å². The van der Waals surface area contributed by atoms with E-state index in [1.165, 1.54) is 0 Å². The van der Waals surface area contributed by atoms with Crippen molar-refractivity contribution in [1.82, 2.24) is 15.6 Å². The zero-order valence-electron chi connectivity index (χ0n) is 13.1. The van der Waals surface area contributed by atoms with Crippen molar-refractivity contribution < 1.29 is 4.79 Å². The number of benzene rings is 1. The minimum absolute atomic E-state index is 0. The van der Waals surface area contributed by atoms with Gasteiger partial charge in [-0.15, -0.1) is 12.4 Å². The fourth-order valence-electron chi connectivity index (χ4n) is 3.11. The Morgan fingerprint density at radius 2 is 1.88 bits per heavy atom. The highest BCUT2D eigenvalue weighted by atomic mass is 35.5. The maximum atomic E-state index is 11.8. The van der Waals surface area contributed by atoms with Crippen LogP contribution in [0.5, 0.6) is 0 Å². The minimum Gasteiger partial charge on any atom is -0.353 e. The van der Waals surface area contributed by atoms with Crippen LogP contribution < -0.4 is 20.4 Å². The van der Waals surface area contributed by atoms with Crippen LogP contribution in [-0.2, 0) is 0 Å². The first-order chi connectivity index (χ1) is 11.2. The Bertz CT molecular complexity index is 763. The largest absolute Gasteiger partial charge is 0.353 e. The Labute approximate surface area is 151 Å². The molecule has 0 bridgehead atoms. The summed E-state index contributed by atoms with van der Waals surface area (Å²) in [6, 6.07) is 7.76. The van der Waals surface area contributed by atoms with Crippen molar-refractivity contribution in [2.24, 2.45) is 0 Å². The molecular formula is C16H19Cl2N5O. The number of pyridine rings is 1. The lowest BCUT2D eigenvalue weighted by Gasteiger charge is -2.29. The van der Waals surface area contributed by atoms with E-state index in [2.05, 4.69) is 15.5 Å². The maximum Gasteiger partial charge on any atom is 0.321 e. The molecular weight excluding hydrogens is 349 g/mol. The molecule has 2 N–H and O–H groups in total. The van der Waals surface area contributed by atoms with Gasteiger partial charge in [-0.1, -0.05) is 11.6 Å². The molecule has 0 spiro atoms. The Balaban J connectivity index is 0.00000169. The first-order valence-corrected chi connectivity index (χ1v) is 8.21. The normalized spacial score (nSPS) is 17.8. The standard InChI is InChI=1S/C16H18ClN5O.ClH/c17-13-10-11-9-12(22-8-5-19-16(22)23)1-2-14(11)20-15(13)21-6-3-18-4-7-21;/h1-2,9-10,18H,3-8H2,(H,19,23);1H. The number of hydrogen-bond donors (Lipinski definition) is 2. The van der Waals surface area contributed by atoms with Gasteiger partial charge < -0.3 is 15.5 Å². The summed E-state index contributed by atoms with van der Waals surface area (Å²) in [6.07, 6.45) is 0. The molecule has 2 amide bonds. The van der Waals surface area contributed by atoms with Crippen molar-refractivity contribution in [3.63, 3.8) is 0 Å². The molecule has 0 radical (unpaired) electrons. The molecule has 8 heteroatoms. The van der Waals surface area contributed by atoms with Gasteiger partial charge in [0, 0.05) is 50.3 Å². The van der Waals surface area contributed by atoms with E-state index < -0.39 is 0 Å². The van der Waals surface area contributed by atoms with E-state index >= 15 is 0 Å². The summed E-state index contributed by atoms with van der Waals surface area (Å²) >= 11 is 6.46. The summed E-state index contributed by atoms with van der Waals surface area (Å²) in [5, 5.41) is 7.75. The second kappa shape index (κ2) is 7.01. The number of urea groups is 1. The Kier molecular flexibility index (Phi) is 4.99. The quantitative estimate of drug-likeness (QED) is 0.854. The van der Waals surface area contributed by atoms with Gasteiger partial charge in [0.05, 0.1) is 10.5 Å². The number of nitrogens with one attached hydrogen (secondary N) is 2. The highest BCUT2D eigenvalue weighted by molar-refractivity contribution is 6.33. The van der Waals surface area contributed by atoms with Gasteiger partial charge in [0.1, 0.15) is 5.82 Å². The monoisotopic (exact) mass is 367 g/mol. The summed E-state index contributed by atoms with van der Waals surface area (Å²) in [5.74, 6) is 0.840. The smallest absolute Gasteiger partial charge is 0.321 e. The van der Waals surface area contributed by atoms with Crippen molar-refractivity contribution >= 4 is 52.4 Å². The molecule has 2 aliphatic rings. The first kappa shape index (κ1) is 17.1. The number of anilines is 2. The van der Waals surface area contributed by atoms with E-state index in [9.17, 15) is 4.79 Å². The van der Waals surface area contributed by atoms with E-state index in [1.807, 2.05) is 24.3 Å². The number of halogens is 2. The average Bonchev–Trinajstić information content (AvgIpc) is 3.00. The van der Waals surface area contributed by atoms with E-state index in [0.29, 0.717) is 18.1 Å². The Morgan fingerprint density at radius 1 is 1.08 bits per heavy atom. The second-order valence-electron chi connectivity index (χ2n) is 5.79. The molecule has 6 nitrogen and oxygen atoms in total. The average molecular weight is 368 g/mol. The van der Waals surface area contributed by atoms with Crippen molar-refractivity contribution in [3.05, 3.63) is 29.3 Å². The molecule has 3 heterocycles. The van der Waals surface area contributed by atoms with Gasteiger partial charge >= 0.3 is 6.03 Å². The molecule has 2 aliphatic heterocycles. The lowest BCUT2D eigenvalue weighted by molar-refractivity contribution is 0.252. The van der Waals surface area contributed by atoms with Gasteiger partial charge in [0.15, 0.2) is 0 Å². The first-order valence-electron chi connectivity index (χ1n) is 7.84. The van der Waals surface area contributed by atoms with Crippen LogP contribution in [0.15, 0.2) is 24.3 Å². The Morgan fingerprint density at radius 3 is 2.58 bits per heavy atom. The molecule has 128 valence electrons. The summed E-state index contributed by atoms with van der Waals surface area (Å²) in [7, 11) is 0. The molecule has 0 atom stereocenters. The molecule has 0 unspecified atom stereocenters. The maximum absolute atomic E-state index is 11.8.